The minimum Gasteiger partial charge on any atom is -0.490 e. The van der Waals surface area contributed by atoms with Gasteiger partial charge in [-0.05, 0) is 37.8 Å². The first-order valence-electron chi connectivity index (χ1n) is 8.76. The summed E-state index contributed by atoms with van der Waals surface area (Å²) in [4.78, 5) is 22.1. The van der Waals surface area contributed by atoms with E-state index in [1.54, 1.807) is 6.20 Å². The van der Waals surface area contributed by atoms with Crippen molar-refractivity contribution in [3.8, 4) is 5.75 Å². The number of piperidine rings is 1. The molecule has 0 aromatic carbocycles. The van der Waals surface area contributed by atoms with Gasteiger partial charge in [0.15, 0.2) is 0 Å². The lowest BCUT2D eigenvalue weighted by molar-refractivity contribution is 0.0593. The number of aromatic amines is 1. The Kier molecular flexibility index (Phi) is 4.00. The van der Waals surface area contributed by atoms with Crippen LogP contribution in [-0.4, -0.2) is 40.0 Å². The van der Waals surface area contributed by atoms with E-state index < -0.39 is 0 Å². The van der Waals surface area contributed by atoms with Gasteiger partial charge in [-0.25, -0.2) is 0 Å². The van der Waals surface area contributed by atoms with Crippen molar-refractivity contribution in [3.63, 3.8) is 0 Å². The zero-order valence-corrected chi connectivity index (χ0v) is 14.0. The number of amides is 1. The minimum atomic E-state index is 0.164. The lowest BCUT2D eigenvalue weighted by atomic mass is 10.1. The summed E-state index contributed by atoms with van der Waals surface area (Å²) in [7, 11) is 0. The standard InChI is InChI=1S/C19H23N3O2/c1-13-12-20-8-5-17(13)24-15-6-10-22(11-7-15)19(23)16-4-9-21-18(16)14-2-3-14/h4-5,8-9,12,14-15,21H,2-3,6-7,10-11H2,1H3. The molecule has 1 saturated heterocycles. The van der Waals surface area contributed by atoms with E-state index >= 15 is 0 Å². The lowest BCUT2D eigenvalue weighted by Crippen LogP contribution is -2.42. The van der Waals surface area contributed by atoms with Gasteiger partial charge >= 0.3 is 0 Å². The quantitative estimate of drug-likeness (QED) is 0.938. The third-order valence-electron chi connectivity index (χ3n) is 4.99. The molecule has 2 aromatic rings. The Morgan fingerprint density at radius 1 is 1.25 bits per heavy atom. The van der Waals surface area contributed by atoms with Crippen molar-refractivity contribution >= 4 is 5.91 Å². The molecule has 2 fully saturated rings. The fraction of sp³-hybridized carbons (Fsp3) is 0.474. The summed E-state index contributed by atoms with van der Waals surface area (Å²) in [6.45, 7) is 3.51. The molecule has 1 amide bonds. The van der Waals surface area contributed by atoms with E-state index in [2.05, 4.69) is 9.97 Å². The van der Waals surface area contributed by atoms with Crippen LogP contribution in [0.4, 0.5) is 0 Å². The van der Waals surface area contributed by atoms with Crippen LogP contribution < -0.4 is 4.74 Å². The SMILES string of the molecule is Cc1cnccc1OC1CCN(C(=O)c2cc[nH]c2C2CC2)CC1. The van der Waals surface area contributed by atoms with Crippen LogP contribution in [-0.2, 0) is 0 Å². The number of aromatic nitrogens is 2. The van der Waals surface area contributed by atoms with E-state index in [1.165, 1.54) is 12.8 Å². The molecule has 0 atom stereocenters. The molecule has 1 N–H and O–H groups in total. The Balaban J connectivity index is 1.36. The molecule has 126 valence electrons. The molecule has 0 unspecified atom stereocenters. The Labute approximate surface area is 142 Å². The number of likely N-dealkylation sites (tertiary alicyclic amines) is 1. The molecule has 5 nitrogen and oxygen atoms in total. The number of hydrogen-bond donors (Lipinski definition) is 1. The second-order valence-corrected chi connectivity index (χ2v) is 6.83. The molecule has 1 aliphatic heterocycles. The van der Waals surface area contributed by atoms with E-state index in [1.807, 2.05) is 36.4 Å². The summed E-state index contributed by atoms with van der Waals surface area (Å²) in [5.74, 6) is 1.63. The van der Waals surface area contributed by atoms with Gasteiger partial charge in [0.2, 0.25) is 0 Å². The van der Waals surface area contributed by atoms with E-state index in [9.17, 15) is 4.79 Å². The maximum Gasteiger partial charge on any atom is 0.255 e. The zero-order valence-electron chi connectivity index (χ0n) is 14.0. The number of rotatable bonds is 4. The molecule has 0 radical (unpaired) electrons. The van der Waals surface area contributed by atoms with Gasteiger partial charge in [-0.2, -0.15) is 0 Å². The molecule has 0 bridgehead atoms. The molecule has 2 aromatic heterocycles. The molecule has 1 aliphatic carbocycles. The van der Waals surface area contributed by atoms with E-state index in [0.29, 0.717) is 5.92 Å². The number of ether oxygens (including phenoxy) is 1. The van der Waals surface area contributed by atoms with Crippen molar-refractivity contribution in [2.24, 2.45) is 0 Å². The Morgan fingerprint density at radius 2 is 2.04 bits per heavy atom. The highest BCUT2D eigenvalue weighted by Gasteiger charge is 2.32. The first kappa shape index (κ1) is 15.2. The monoisotopic (exact) mass is 325 g/mol. The van der Waals surface area contributed by atoms with Crippen LogP contribution in [0.3, 0.4) is 0 Å². The highest BCUT2D eigenvalue weighted by atomic mass is 16.5. The maximum absolute atomic E-state index is 12.8. The van der Waals surface area contributed by atoms with Crippen LogP contribution in [0, 0.1) is 6.92 Å². The van der Waals surface area contributed by atoms with Gasteiger partial charge in [0.05, 0.1) is 5.56 Å². The Hall–Kier alpha value is -2.30. The number of hydrogen-bond acceptors (Lipinski definition) is 3. The van der Waals surface area contributed by atoms with Crippen molar-refractivity contribution in [1.82, 2.24) is 14.9 Å². The van der Waals surface area contributed by atoms with Crippen LogP contribution in [0.15, 0.2) is 30.7 Å². The summed E-state index contributed by atoms with van der Waals surface area (Å²) >= 11 is 0. The largest absolute Gasteiger partial charge is 0.490 e. The molecular weight excluding hydrogens is 302 g/mol. The second-order valence-electron chi connectivity index (χ2n) is 6.83. The Bertz CT molecular complexity index is 728. The summed E-state index contributed by atoms with van der Waals surface area (Å²) in [5.41, 5.74) is 3.05. The third-order valence-corrected chi connectivity index (χ3v) is 4.99. The van der Waals surface area contributed by atoms with Crippen LogP contribution in [0.1, 0.15) is 53.2 Å². The number of H-pyrrole nitrogens is 1. The average molecular weight is 325 g/mol. The first-order chi connectivity index (χ1) is 11.7. The van der Waals surface area contributed by atoms with Crippen LogP contribution >= 0.6 is 0 Å². The van der Waals surface area contributed by atoms with Crippen LogP contribution in [0.5, 0.6) is 5.75 Å². The van der Waals surface area contributed by atoms with Crippen LogP contribution in [0.2, 0.25) is 0 Å². The van der Waals surface area contributed by atoms with Gasteiger partial charge in [0.1, 0.15) is 11.9 Å². The molecule has 2 aliphatic rings. The minimum absolute atomic E-state index is 0.164. The lowest BCUT2D eigenvalue weighted by Gasteiger charge is -2.32. The highest BCUT2D eigenvalue weighted by Crippen LogP contribution is 2.41. The maximum atomic E-state index is 12.8. The van der Waals surface area contributed by atoms with Crippen LogP contribution in [0.25, 0.3) is 0 Å². The Morgan fingerprint density at radius 3 is 2.75 bits per heavy atom. The number of nitrogens with one attached hydrogen (secondary N) is 1. The second kappa shape index (κ2) is 6.30. The number of carbonyl (C=O) groups is 1. The molecule has 3 heterocycles. The smallest absolute Gasteiger partial charge is 0.255 e. The van der Waals surface area contributed by atoms with E-state index in [4.69, 9.17) is 4.74 Å². The summed E-state index contributed by atoms with van der Waals surface area (Å²) < 4.78 is 6.09. The van der Waals surface area contributed by atoms with Crippen molar-refractivity contribution in [2.75, 3.05) is 13.1 Å². The molecule has 0 spiro atoms. The molecule has 4 rings (SSSR count). The molecular formula is C19H23N3O2. The van der Waals surface area contributed by atoms with Gasteiger partial charge < -0.3 is 14.6 Å². The topological polar surface area (TPSA) is 58.2 Å². The van der Waals surface area contributed by atoms with Crippen molar-refractivity contribution in [2.45, 2.75) is 44.6 Å². The van der Waals surface area contributed by atoms with Gasteiger partial charge in [-0.1, -0.05) is 0 Å². The predicted octanol–water partition coefficient (Wildman–Crippen LogP) is 3.28. The number of carbonyl (C=O) groups excluding carboxylic acids is 1. The molecule has 24 heavy (non-hydrogen) atoms. The van der Waals surface area contributed by atoms with Gasteiger partial charge in [0, 0.05) is 55.8 Å². The van der Waals surface area contributed by atoms with Crippen molar-refractivity contribution in [3.05, 3.63) is 47.5 Å². The summed E-state index contributed by atoms with van der Waals surface area (Å²) in [6.07, 6.45) is 9.77. The van der Waals surface area contributed by atoms with E-state index in [0.717, 1.165) is 48.5 Å². The highest BCUT2D eigenvalue weighted by molar-refractivity contribution is 5.95. The summed E-state index contributed by atoms with van der Waals surface area (Å²) in [5, 5.41) is 0. The number of aryl methyl sites for hydroxylation is 1. The van der Waals surface area contributed by atoms with Crippen molar-refractivity contribution < 1.29 is 9.53 Å². The normalized spacial score (nSPS) is 18.6. The predicted molar refractivity (Wildman–Crippen MR) is 91.3 cm³/mol. The summed E-state index contributed by atoms with van der Waals surface area (Å²) in [6, 6.07) is 3.84. The van der Waals surface area contributed by atoms with Gasteiger partial charge in [-0.3, -0.25) is 9.78 Å². The van der Waals surface area contributed by atoms with E-state index in [-0.39, 0.29) is 12.0 Å². The van der Waals surface area contributed by atoms with Gasteiger partial charge in [-0.15, -0.1) is 0 Å². The molecule has 5 heteroatoms. The zero-order chi connectivity index (χ0) is 16.5. The first-order valence-corrected chi connectivity index (χ1v) is 8.76. The average Bonchev–Trinajstić information content (AvgIpc) is 3.34. The van der Waals surface area contributed by atoms with Gasteiger partial charge in [0.25, 0.3) is 5.91 Å². The van der Waals surface area contributed by atoms with Crippen molar-refractivity contribution in [1.29, 1.82) is 0 Å². The molecule has 1 saturated carbocycles. The number of nitrogens with zero attached hydrogens (tertiary/aromatic N) is 2. The third kappa shape index (κ3) is 3.03. The fourth-order valence-corrected chi connectivity index (χ4v) is 3.40. The fourth-order valence-electron chi connectivity index (χ4n) is 3.40. The number of pyridine rings is 1.